The third kappa shape index (κ3) is 8.36. The molecule has 119 heavy (non-hydrogen) atoms. The van der Waals surface area contributed by atoms with E-state index in [2.05, 4.69) is 341 Å². The second-order valence-electron chi connectivity index (χ2n) is 36.7. The van der Waals surface area contributed by atoms with Gasteiger partial charge in [0.25, 0.3) is 0 Å². The molecule has 15 aromatic carbocycles. The van der Waals surface area contributed by atoms with E-state index in [1.807, 2.05) is 22.7 Å². The minimum absolute atomic E-state index is 0.0295. The zero-order chi connectivity index (χ0) is 78.6. The number of furan rings is 4. The Morgan fingerprint density at radius 1 is 0.336 bits per heavy atom. The molecule has 0 spiro atoms. The van der Waals surface area contributed by atoms with Gasteiger partial charge in [0.05, 0.1) is 22.4 Å². The largest absolute Gasteiger partial charge is 0.455 e. The van der Waals surface area contributed by atoms with E-state index in [0.29, 0.717) is 0 Å². The lowest BCUT2D eigenvalue weighted by molar-refractivity contribution is 0.332. The molecule has 0 unspecified atom stereocenters. The van der Waals surface area contributed by atoms with Crippen LogP contribution in [0.4, 0.5) is 34.1 Å². The Morgan fingerprint density at radius 2 is 0.916 bits per heavy atom. The highest BCUT2D eigenvalue weighted by Gasteiger charge is 2.50. The zero-order valence-corrected chi connectivity index (χ0v) is 68.3. The fraction of sp³-hybridized carbons (Fsp3) is 0.121. The van der Waals surface area contributed by atoms with Gasteiger partial charge in [0.2, 0.25) is 0 Å². The molecule has 12 heterocycles. The summed E-state index contributed by atoms with van der Waals surface area (Å²) >= 11 is 3.80. The Morgan fingerprint density at radius 3 is 1.66 bits per heavy atom. The Labute approximate surface area is 692 Å². The SMILES string of the molecule is Cc1cc2c(cc1N1c3cc4c(oc5ccccc54)c4c3B(c3c1ccc1c3sc3cc(-c5ccc6c(c5)oc5c7c8c(cc56)-c5cccc6c9oc%10ccccc%10c9n(c56)B8c5cc6c(cc5N7c5ccc(C(C)(C)C)cc5-c5ccccc5)sc5ccccc56)ccc31)n1c3c-4cccc3c3oc4ccccc4c31)C(C)(C)CCC2(C)C. The van der Waals surface area contributed by atoms with Crippen molar-refractivity contribution in [3.05, 3.63) is 289 Å². The lowest BCUT2D eigenvalue weighted by Crippen LogP contribution is -2.57. The van der Waals surface area contributed by atoms with Gasteiger partial charge in [0, 0.05) is 139 Å². The maximum Gasteiger partial charge on any atom is 0.334 e. The summed E-state index contributed by atoms with van der Waals surface area (Å²) in [7, 11) is 0. The molecule has 8 nitrogen and oxygen atoms in total. The second-order valence-corrected chi connectivity index (χ2v) is 38.8. The van der Waals surface area contributed by atoms with Gasteiger partial charge in [-0.15, -0.1) is 22.7 Å². The molecule has 23 aromatic rings. The quantitative estimate of drug-likeness (QED) is 0.164. The van der Waals surface area contributed by atoms with Gasteiger partial charge in [0.1, 0.15) is 27.9 Å². The van der Waals surface area contributed by atoms with E-state index >= 15 is 0 Å². The van der Waals surface area contributed by atoms with Crippen molar-refractivity contribution < 1.29 is 17.7 Å². The molecule has 4 aliphatic heterocycles. The summed E-state index contributed by atoms with van der Waals surface area (Å²) in [6.45, 7) is 18.6. The molecular formula is C107H72B2N4O4S2. The number of thiophene rings is 2. The number of hydrogen-bond acceptors (Lipinski definition) is 8. The average Bonchev–Trinajstić information content (AvgIpc) is 1.58. The van der Waals surface area contributed by atoms with Crippen molar-refractivity contribution in [1.82, 2.24) is 8.96 Å². The Kier molecular flexibility index (Phi) is 12.4. The van der Waals surface area contributed by atoms with Crippen LogP contribution in [0.5, 0.6) is 0 Å². The first-order chi connectivity index (χ1) is 58.0. The van der Waals surface area contributed by atoms with Crippen LogP contribution in [0.1, 0.15) is 83.6 Å². The summed E-state index contributed by atoms with van der Waals surface area (Å²) in [5.41, 5.74) is 37.9. The first kappa shape index (κ1) is 65.8. The molecule has 562 valence electrons. The zero-order valence-electron chi connectivity index (χ0n) is 66.7. The minimum atomic E-state index is -0.288. The van der Waals surface area contributed by atoms with Crippen LogP contribution in [0.15, 0.2) is 285 Å². The predicted molar refractivity (Wildman–Crippen MR) is 503 cm³/mol. The van der Waals surface area contributed by atoms with Crippen molar-refractivity contribution in [3.8, 4) is 44.5 Å². The second kappa shape index (κ2) is 22.3. The molecule has 0 saturated carbocycles. The topological polar surface area (TPSA) is 68.9 Å². The maximum absolute atomic E-state index is 7.92. The summed E-state index contributed by atoms with van der Waals surface area (Å²) in [5.74, 6) is 0. The molecular weight excluding hydrogens is 1490 g/mol. The molecule has 0 bridgehead atoms. The molecule has 0 N–H and O–H groups in total. The van der Waals surface area contributed by atoms with E-state index in [9.17, 15) is 0 Å². The van der Waals surface area contributed by atoms with Crippen LogP contribution in [-0.2, 0) is 16.2 Å². The molecule has 5 aliphatic rings. The maximum atomic E-state index is 7.92. The van der Waals surface area contributed by atoms with Gasteiger partial charge in [-0.3, -0.25) is 0 Å². The lowest BCUT2D eigenvalue weighted by atomic mass is 9.44. The molecule has 1 aliphatic carbocycles. The van der Waals surface area contributed by atoms with Gasteiger partial charge in [0.15, 0.2) is 16.7 Å². The van der Waals surface area contributed by atoms with E-state index < -0.39 is 0 Å². The minimum Gasteiger partial charge on any atom is -0.455 e. The number of rotatable bonds is 4. The van der Waals surface area contributed by atoms with Gasteiger partial charge < -0.3 is 36.4 Å². The van der Waals surface area contributed by atoms with Gasteiger partial charge in [-0.1, -0.05) is 206 Å². The Hall–Kier alpha value is -13.3. The number of aryl methyl sites for hydroxylation is 1. The van der Waals surface area contributed by atoms with E-state index in [4.69, 9.17) is 17.7 Å². The van der Waals surface area contributed by atoms with Crippen LogP contribution in [0.25, 0.3) is 195 Å². The van der Waals surface area contributed by atoms with E-state index in [0.717, 1.165) is 168 Å². The first-order valence-corrected chi connectivity index (χ1v) is 43.5. The number of benzene rings is 15. The number of hydrogen-bond donors (Lipinski definition) is 0. The molecule has 0 saturated heterocycles. The van der Waals surface area contributed by atoms with Crippen LogP contribution >= 0.6 is 22.7 Å². The third-order valence-electron chi connectivity index (χ3n) is 28.4. The normalized spacial score (nSPS) is 15.1. The molecule has 28 rings (SSSR count). The van der Waals surface area contributed by atoms with Crippen LogP contribution in [0.2, 0.25) is 0 Å². The predicted octanol–water partition coefficient (Wildman–Crippen LogP) is 28.1. The van der Waals surface area contributed by atoms with Crippen LogP contribution in [-0.4, -0.2) is 22.7 Å². The first-order valence-electron chi connectivity index (χ1n) is 41.9. The number of anilines is 6. The van der Waals surface area contributed by atoms with Crippen molar-refractivity contribution in [2.24, 2.45) is 0 Å². The lowest BCUT2D eigenvalue weighted by Gasteiger charge is -2.44. The van der Waals surface area contributed by atoms with E-state index in [1.165, 1.54) is 118 Å². The summed E-state index contributed by atoms with van der Waals surface area (Å²) in [5, 5.41) is 13.8. The standard InChI is InChI=1S/C107H72B2N4O4S2/c1-55-46-76-77(107(7,8)45-44-106(76,5)6)53-81(55)110-80-43-41-65-63-40-37-58(48-89(63)119-104(65)94(80)109-93-83(110)52-75-60-24-12-16-32-84(60)114-100(75)91(93)68-29-21-31-70-96(68)113(109)98-67-27-14-18-34-86(67)116-102(70)98)57-36-39-61-74-50-73-64-28-20-30-69-95(64)112(97-66-26-13-17-33-85(66)115-101(69)97)108-78-51-72-62-25-15-19-35-88(62)118-90(72)54-82(78)111(99(92(73)108)103(74)117-87(61)47-57)79-42-38-59(105(2,3)4)49-71(79)56-22-10-9-11-23-56/h9-43,46-54H,44-45H2,1-8H3. The van der Waals surface area contributed by atoms with Crippen LogP contribution < -0.4 is 31.7 Å². The van der Waals surface area contributed by atoms with Gasteiger partial charge in [-0.2, -0.15) is 0 Å². The number of fused-ring (bicyclic) bond motifs is 34. The molecule has 0 atom stereocenters. The van der Waals surface area contributed by atoms with Gasteiger partial charge in [-0.05, 0) is 212 Å². The number of para-hydroxylation sites is 5. The Bertz CT molecular complexity index is 8680. The Balaban J connectivity index is 0.694. The summed E-state index contributed by atoms with van der Waals surface area (Å²) in [4.78, 5) is 5.28. The molecule has 0 amide bonds. The van der Waals surface area contributed by atoms with Crippen molar-refractivity contribution in [2.45, 2.75) is 84.5 Å². The fourth-order valence-corrected chi connectivity index (χ4v) is 25.1. The summed E-state index contributed by atoms with van der Waals surface area (Å²) in [6.07, 6.45) is 2.25. The van der Waals surface area contributed by atoms with Gasteiger partial charge in [-0.25, -0.2) is 0 Å². The van der Waals surface area contributed by atoms with Crippen LogP contribution in [0.3, 0.4) is 0 Å². The average molecular weight is 1560 g/mol. The van der Waals surface area contributed by atoms with E-state index in [-0.39, 0.29) is 29.9 Å². The highest BCUT2D eigenvalue weighted by atomic mass is 32.1. The van der Waals surface area contributed by atoms with Crippen molar-refractivity contribution >= 4 is 243 Å². The van der Waals surface area contributed by atoms with Crippen molar-refractivity contribution in [1.29, 1.82) is 0 Å². The molecule has 0 radical (unpaired) electrons. The highest BCUT2D eigenvalue weighted by molar-refractivity contribution is 7.28. The molecule has 8 aromatic heterocycles. The van der Waals surface area contributed by atoms with Crippen LogP contribution in [0, 0.1) is 6.92 Å². The van der Waals surface area contributed by atoms with Gasteiger partial charge >= 0.3 is 13.7 Å². The molecule has 12 heteroatoms. The smallest absolute Gasteiger partial charge is 0.334 e. The number of nitrogens with zero attached hydrogens (tertiary/aromatic N) is 4. The molecule has 0 fully saturated rings. The fourth-order valence-electron chi connectivity index (χ4n) is 22.7. The van der Waals surface area contributed by atoms with E-state index in [1.54, 1.807) is 0 Å². The van der Waals surface area contributed by atoms with Crippen molar-refractivity contribution in [2.75, 3.05) is 9.80 Å². The summed E-state index contributed by atoms with van der Waals surface area (Å²) in [6, 6.07) is 101. The monoisotopic (exact) mass is 1560 g/mol. The third-order valence-corrected chi connectivity index (χ3v) is 30.7. The highest BCUT2D eigenvalue weighted by Crippen LogP contribution is 2.58. The number of aromatic nitrogens is 2. The summed E-state index contributed by atoms with van der Waals surface area (Å²) < 4.78 is 39.8. The van der Waals surface area contributed by atoms with Crippen molar-refractivity contribution in [3.63, 3.8) is 0 Å².